The Morgan fingerprint density at radius 3 is 2.08 bits per heavy atom. The van der Waals surface area contributed by atoms with Crippen LogP contribution in [-0.4, -0.2) is 77.0 Å². The smallest absolute Gasteiger partial charge is 0.407 e. The Bertz CT molecular complexity index is 620. The van der Waals surface area contributed by atoms with E-state index >= 15 is 0 Å². The molecule has 1 aromatic rings. The maximum Gasteiger partial charge on any atom is 0.407 e. The van der Waals surface area contributed by atoms with E-state index in [1.807, 2.05) is 13.8 Å². The number of carbonyl (C=O) groups is 3. The van der Waals surface area contributed by atoms with Gasteiger partial charge < -0.3 is 19.8 Å². The highest BCUT2D eigenvalue weighted by Gasteiger charge is 2.25. The van der Waals surface area contributed by atoms with Crippen molar-refractivity contribution < 1.29 is 19.5 Å². The molecule has 1 aliphatic heterocycles. The molecule has 0 aromatic heterocycles. The summed E-state index contributed by atoms with van der Waals surface area (Å²) in [6.07, 6.45) is -0.964. The van der Waals surface area contributed by atoms with Gasteiger partial charge in [0.15, 0.2) is 0 Å². The van der Waals surface area contributed by atoms with Gasteiger partial charge in [-0.15, -0.1) is 0 Å². The molecule has 1 N–H and O–H groups in total. The summed E-state index contributed by atoms with van der Waals surface area (Å²) >= 11 is 0. The van der Waals surface area contributed by atoms with Crippen LogP contribution in [0.3, 0.4) is 0 Å². The van der Waals surface area contributed by atoms with E-state index in [-0.39, 0.29) is 11.8 Å². The standard InChI is InChI=1S/C17H23N3O4/c1-3-18(4-2)15(21)13-6-5-7-14(12-13)16(22)19-8-10-20(11-9-19)17(23)24/h5-7,12H,3-4,8-11H2,1-2H3,(H,23,24). The summed E-state index contributed by atoms with van der Waals surface area (Å²) in [4.78, 5) is 40.5. The van der Waals surface area contributed by atoms with Crippen LogP contribution in [0.5, 0.6) is 0 Å². The van der Waals surface area contributed by atoms with Gasteiger partial charge in [-0.2, -0.15) is 0 Å². The lowest BCUT2D eigenvalue weighted by Gasteiger charge is -2.33. The first-order valence-electron chi connectivity index (χ1n) is 8.14. The highest BCUT2D eigenvalue weighted by atomic mass is 16.4. The summed E-state index contributed by atoms with van der Waals surface area (Å²) in [6, 6.07) is 6.72. The third-order valence-electron chi connectivity index (χ3n) is 4.24. The number of amides is 3. The van der Waals surface area contributed by atoms with Crippen LogP contribution < -0.4 is 0 Å². The largest absolute Gasteiger partial charge is 0.465 e. The molecular weight excluding hydrogens is 310 g/mol. The van der Waals surface area contributed by atoms with E-state index in [2.05, 4.69) is 0 Å². The van der Waals surface area contributed by atoms with Gasteiger partial charge in [0.05, 0.1) is 0 Å². The number of rotatable bonds is 4. The Morgan fingerprint density at radius 2 is 1.54 bits per heavy atom. The molecular formula is C17H23N3O4. The molecule has 0 aliphatic carbocycles. The van der Waals surface area contributed by atoms with Crippen LogP contribution in [0.4, 0.5) is 4.79 Å². The van der Waals surface area contributed by atoms with E-state index in [4.69, 9.17) is 5.11 Å². The minimum absolute atomic E-state index is 0.0923. The third-order valence-corrected chi connectivity index (χ3v) is 4.24. The van der Waals surface area contributed by atoms with Gasteiger partial charge in [-0.1, -0.05) is 6.07 Å². The first kappa shape index (κ1) is 17.8. The predicted molar refractivity (Wildman–Crippen MR) is 89.2 cm³/mol. The summed E-state index contributed by atoms with van der Waals surface area (Å²) < 4.78 is 0. The van der Waals surface area contributed by atoms with E-state index < -0.39 is 6.09 Å². The summed E-state index contributed by atoms with van der Waals surface area (Å²) in [7, 11) is 0. The number of piperazine rings is 1. The minimum Gasteiger partial charge on any atom is -0.465 e. The maximum absolute atomic E-state index is 12.6. The monoisotopic (exact) mass is 333 g/mol. The fourth-order valence-corrected chi connectivity index (χ4v) is 2.76. The van der Waals surface area contributed by atoms with Gasteiger partial charge in [0.1, 0.15) is 0 Å². The number of hydrogen-bond acceptors (Lipinski definition) is 3. The van der Waals surface area contributed by atoms with E-state index in [0.717, 1.165) is 0 Å². The minimum atomic E-state index is -0.964. The zero-order chi connectivity index (χ0) is 17.7. The number of nitrogens with zero attached hydrogens (tertiary/aromatic N) is 3. The number of hydrogen-bond donors (Lipinski definition) is 1. The molecule has 1 aliphatic rings. The van der Waals surface area contributed by atoms with Crippen molar-refractivity contribution in [1.29, 1.82) is 0 Å². The van der Waals surface area contributed by atoms with Gasteiger partial charge in [0, 0.05) is 50.4 Å². The number of benzene rings is 1. The van der Waals surface area contributed by atoms with Crippen LogP contribution in [0, 0.1) is 0 Å². The number of carboxylic acid groups (broad SMARTS) is 1. The molecule has 1 heterocycles. The van der Waals surface area contributed by atoms with E-state index in [9.17, 15) is 14.4 Å². The quantitative estimate of drug-likeness (QED) is 0.907. The SMILES string of the molecule is CCN(CC)C(=O)c1cccc(C(=O)N2CCN(C(=O)O)CC2)c1. The summed E-state index contributed by atoms with van der Waals surface area (Å²) in [6.45, 7) is 6.39. The van der Waals surface area contributed by atoms with Crippen molar-refractivity contribution in [3.8, 4) is 0 Å². The molecule has 0 atom stereocenters. The van der Waals surface area contributed by atoms with Crippen molar-refractivity contribution in [2.75, 3.05) is 39.3 Å². The van der Waals surface area contributed by atoms with Crippen LogP contribution in [0.1, 0.15) is 34.6 Å². The van der Waals surface area contributed by atoms with Crippen LogP contribution >= 0.6 is 0 Å². The molecule has 7 nitrogen and oxygen atoms in total. The van der Waals surface area contributed by atoms with Gasteiger partial charge >= 0.3 is 6.09 Å². The van der Waals surface area contributed by atoms with Crippen molar-refractivity contribution in [2.45, 2.75) is 13.8 Å². The third kappa shape index (κ3) is 3.84. The molecule has 2 rings (SSSR count). The van der Waals surface area contributed by atoms with Crippen molar-refractivity contribution in [3.05, 3.63) is 35.4 Å². The van der Waals surface area contributed by atoms with Crippen molar-refractivity contribution in [3.63, 3.8) is 0 Å². The molecule has 0 radical (unpaired) electrons. The molecule has 1 aromatic carbocycles. The van der Waals surface area contributed by atoms with Crippen LogP contribution in [0.25, 0.3) is 0 Å². The van der Waals surface area contributed by atoms with Gasteiger partial charge in [-0.25, -0.2) is 4.79 Å². The van der Waals surface area contributed by atoms with Crippen molar-refractivity contribution in [1.82, 2.24) is 14.7 Å². The van der Waals surface area contributed by atoms with Crippen molar-refractivity contribution in [2.24, 2.45) is 0 Å². The van der Waals surface area contributed by atoms with Crippen molar-refractivity contribution >= 4 is 17.9 Å². The molecule has 7 heteroatoms. The summed E-state index contributed by atoms with van der Waals surface area (Å²) in [5.41, 5.74) is 0.950. The van der Waals surface area contributed by atoms with Crippen LogP contribution in [-0.2, 0) is 0 Å². The second-order valence-electron chi connectivity index (χ2n) is 5.62. The molecule has 130 valence electrons. The van der Waals surface area contributed by atoms with E-state index in [1.165, 1.54) is 4.90 Å². The molecule has 0 unspecified atom stereocenters. The zero-order valence-corrected chi connectivity index (χ0v) is 14.1. The Kier molecular flexibility index (Phi) is 5.78. The van der Waals surface area contributed by atoms with Crippen LogP contribution in [0.15, 0.2) is 24.3 Å². The van der Waals surface area contributed by atoms with Gasteiger partial charge in [0.2, 0.25) is 0 Å². The van der Waals surface area contributed by atoms with E-state index in [1.54, 1.807) is 34.1 Å². The molecule has 0 bridgehead atoms. The van der Waals surface area contributed by atoms with Gasteiger partial charge in [-0.05, 0) is 32.0 Å². The lowest BCUT2D eigenvalue weighted by Crippen LogP contribution is -2.50. The molecule has 0 spiro atoms. The van der Waals surface area contributed by atoms with Gasteiger partial charge in [0.25, 0.3) is 11.8 Å². The Morgan fingerprint density at radius 1 is 1.00 bits per heavy atom. The normalized spacial score (nSPS) is 14.4. The average Bonchev–Trinajstić information content (AvgIpc) is 2.62. The molecule has 24 heavy (non-hydrogen) atoms. The zero-order valence-electron chi connectivity index (χ0n) is 14.1. The fourth-order valence-electron chi connectivity index (χ4n) is 2.76. The molecule has 3 amide bonds. The highest BCUT2D eigenvalue weighted by Crippen LogP contribution is 2.13. The predicted octanol–water partition coefficient (Wildman–Crippen LogP) is 1.60. The fraction of sp³-hybridized carbons (Fsp3) is 0.471. The number of carbonyl (C=O) groups excluding carboxylic acids is 2. The topological polar surface area (TPSA) is 81.2 Å². The molecule has 1 saturated heterocycles. The Balaban J connectivity index is 2.10. The Hall–Kier alpha value is -2.57. The van der Waals surface area contributed by atoms with Gasteiger partial charge in [-0.3, -0.25) is 9.59 Å². The molecule has 0 saturated carbocycles. The average molecular weight is 333 g/mol. The highest BCUT2D eigenvalue weighted by molar-refractivity contribution is 5.99. The lowest BCUT2D eigenvalue weighted by molar-refractivity contribution is 0.0624. The summed E-state index contributed by atoms with van der Waals surface area (Å²) in [5, 5.41) is 8.96. The van der Waals surface area contributed by atoms with Crippen LogP contribution in [0.2, 0.25) is 0 Å². The second kappa shape index (κ2) is 7.81. The Labute approximate surface area is 141 Å². The molecule has 1 fully saturated rings. The first-order valence-corrected chi connectivity index (χ1v) is 8.14. The second-order valence-corrected chi connectivity index (χ2v) is 5.62. The first-order chi connectivity index (χ1) is 11.5. The van der Waals surface area contributed by atoms with E-state index in [0.29, 0.717) is 50.4 Å². The maximum atomic E-state index is 12.6. The summed E-state index contributed by atoms with van der Waals surface area (Å²) in [5.74, 6) is -0.264. The lowest BCUT2D eigenvalue weighted by atomic mass is 10.1.